The van der Waals surface area contributed by atoms with Gasteiger partial charge in [-0.3, -0.25) is 14.8 Å². The fraction of sp³-hybridized carbons (Fsp3) is 0.217. The summed E-state index contributed by atoms with van der Waals surface area (Å²) in [6.45, 7) is 1.23. The van der Waals surface area contributed by atoms with Crippen LogP contribution in [0.1, 0.15) is 21.6 Å². The summed E-state index contributed by atoms with van der Waals surface area (Å²) in [6.07, 6.45) is 10.8. The van der Waals surface area contributed by atoms with Crippen molar-refractivity contribution < 1.29 is 14.3 Å². The lowest BCUT2D eigenvalue weighted by molar-refractivity contribution is -0.111. The zero-order valence-electron chi connectivity index (χ0n) is 17.4. The maximum atomic E-state index is 12.5. The van der Waals surface area contributed by atoms with Gasteiger partial charge in [-0.1, -0.05) is 12.1 Å². The Morgan fingerprint density at radius 1 is 1.22 bits per heavy atom. The van der Waals surface area contributed by atoms with Gasteiger partial charge in [-0.15, -0.1) is 11.3 Å². The third-order valence-corrected chi connectivity index (χ3v) is 6.19. The van der Waals surface area contributed by atoms with Crippen LogP contribution in [0.2, 0.25) is 0 Å². The number of hydrogen-bond acceptors (Lipinski definition) is 7. The molecule has 3 N–H and O–H groups in total. The van der Waals surface area contributed by atoms with E-state index in [1.165, 1.54) is 17.4 Å². The van der Waals surface area contributed by atoms with Gasteiger partial charge in [0.25, 0.3) is 0 Å². The normalized spacial score (nSPS) is 13.1. The standard InChI is InChI=1S/C23H23N5O3S/c24-21-18-7-11-28(23(30)31-12-8-17-4-2-10-26-14-17)15-19(18)32-22(21)27-20(29)6-5-16-3-1-9-25-13-16/h1-6,9-10,13-14H,7-8,11-12,15,24H2,(H,27,29)/b6-5+. The molecular formula is C23H23N5O3S. The molecular weight excluding hydrogens is 426 g/mol. The Hall–Kier alpha value is -3.72. The van der Waals surface area contributed by atoms with Crippen LogP contribution in [0.3, 0.4) is 0 Å². The highest BCUT2D eigenvalue weighted by Crippen LogP contribution is 2.39. The first-order chi connectivity index (χ1) is 15.6. The Morgan fingerprint density at radius 3 is 2.78 bits per heavy atom. The van der Waals surface area contributed by atoms with Gasteiger partial charge in [0.15, 0.2) is 0 Å². The number of thiophene rings is 1. The number of carbonyl (C=O) groups is 2. The summed E-state index contributed by atoms with van der Waals surface area (Å²) in [5.74, 6) is -0.272. The molecule has 0 radical (unpaired) electrons. The average Bonchev–Trinajstić information content (AvgIpc) is 3.13. The van der Waals surface area contributed by atoms with Crippen LogP contribution < -0.4 is 11.1 Å². The molecule has 0 saturated heterocycles. The van der Waals surface area contributed by atoms with Gasteiger partial charge in [0.05, 0.1) is 18.8 Å². The van der Waals surface area contributed by atoms with Crippen molar-refractivity contribution in [3.8, 4) is 0 Å². The van der Waals surface area contributed by atoms with E-state index in [-0.39, 0.29) is 12.0 Å². The van der Waals surface area contributed by atoms with Crippen LogP contribution >= 0.6 is 11.3 Å². The highest BCUT2D eigenvalue weighted by molar-refractivity contribution is 7.17. The molecule has 3 aromatic heterocycles. The van der Waals surface area contributed by atoms with E-state index in [4.69, 9.17) is 10.5 Å². The van der Waals surface area contributed by atoms with E-state index < -0.39 is 0 Å². The number of anilines is 2. The van der Waals surface area contributed by atoms with Crippen molar-refractivity contribution in [2.75, 3.05) is 24.2 Å². The maximum Gasteiger partial charge on any atom is 0.410 e. The monoisotopic (exact) mass is 449 g/mol. The van der Waals surface area contributed by atoms with E-state index in [0.29, 0.717) is 43.2 Å². The lowest BCUT2D eigenvalue weighted by Gasteiger charge is -2.26. The zero-order chi connectivity index (χ0) is 22.3. The molecule has 1 aliphatic rings. The van der Waals surface area contributed by atoms with Crippen molar-refractivity contribution in [2.45, 2.75) is 19.4 Å². The van der Waals surface area contributed by atoms with Crippen molar-refractivity contribution in [2.24, 2.45) is 0 Å². The smallest absolute Gasteiger partial charge is 0.410 e. The Morgan fingerprint density at radius 2 is 2.03 bits per heavy atom. The number of carbonyl (C=O) groups excluding carboxylic acids is 2. The number of nitrogens with two attached hydrogens (primary N) is 1. The first kappa shape index (κ1) is 21.5. The minimum Gasteiger partial charge on any atom is -0.449 e. The van der Waals surface area contributed by atoms with Crippen LogP contribution in [0, 0.1) is 0 Å². The summed E-state index contributed by atoms with van der Waals surface area (Å²) < 4.78 is 5.42. The number of rotatable bonds is 6. The van der Waals surface area contributed by atoms with E-state index in [2.05, 4.69) is 15.3 Å². The van der Waals surface area contributed by atoms with E-state index in [0.717, 1.165) is 21.6 Å². The van der Waals surface area contributed by atoms with Gasteiger partial charge in [-0.25, -0.2) is 4.79 Å². The number of fused-ring (bicyclic) bond motifs is 1. The van der Waals surface area contributed by atoms with Crippen molar-refractivity contribution >= 4 is 40.1 Å². The second-order valence-corrected chi connectivity index (χ2v) is 8.36. The number of ether oxygens (including phenoxy) is 1. The molecule has 9 heteroatoms. The molecule has 2 amide bonds. The highest BCUT2D eigenvalue weighted by atomic mass is 32.1. The number of nitrogen functional groups attached to an aromatic ring is 1. The molecule has 4 rings (SSSR count). The molecule has 0 unspecified atom stereocenters. The van der Waals surface area contributed by atoms with Gasteiger partial charge in [0.1, 0.15) is 5.00 Å². The molecule has 164 valence electrons. The van der Waals surface area contributed by atoms with Gasteiger partial charge in [-0.2, -0.15) is 0 Å². The highest BCUT2D eigenvalue weighted by Gasteiger charge is 2.27. The number of nitrogens with one attached hydrogen (secondary N) is 1. The fourth-order valence-electron chi connectivity index (χ4n) is 3.37. The van der Waals surface area contributed by atoms with Crippen LogP contribution in [0.4, 0.5) is 15.5 Å². The van der Waals surface area contributed by atoms with Gasteiger partial charge in [0, 0.05) is 48.7 Å². The van der Waals surface area contributed by atoms with Gasteiger partial charge in [0.2, 0.25) is 5.91 Å². The molecule has 0 atom stereocenters. The van der Waals surface area contributed by atoms with Crippen LogP contribution in [0.25, 0.3) is 6.08 Å². The second-order valence-electron chi connectivity index (χ2n) is 7.25. The summed E-state index contributed by atoms with van der Waals surface area (Å²) in [4.78, 5) is 35.5. The number of pyridine rings is 2. The molecule has 8 nitrogen and oxygen atoms in total. The Kier molecular flexibility index (Phi) is 6.76. The number of aromatic nitrogens is 2. The predicted octanol–water partition coefficient (Wildman–Crippen LogP) is 3.51. The zero-order valence-corrected chi connectivity index (χ0v) is 18.2. The molecule has 0 aliphatic carbocycles. The lowest BCUT2D eigenvalue weighted by Crippen LogP contribution is -2.36. The molecule has 0 saturated carbocycles. The third kappa shape index (κ3) is 5.30. The van der Waals surface area contributed by atoms with Gasteiger partial charge >= 0.3 is 6.09 Å². The van der Waals surface area contributed by atoms with Crippen LogP contribution in [-0.4, -0.2) is 40.0 Å². The molecule has 0 bridgehead atoms. The van der Waals surface area contributed by atoms with Crippen LogP contribution in [0.5, 0.6) is 0 Å². The van der Waals surface area contributed by atoms with Crippen LogP contribution in [0.15, 0.2) is 55.1 Å². The largest absolute Gasteiger partial charge is 0.449 e. The SMILES string of the molecule is Nc1c(NC(=O)/C=C/c2cccnc2)sc2c1CCN(C(=O)OCCc1cccnc1)C2. The topological polar surface area (TPSA) is 110 Å². The number of amides is 2. The Bertz CT molecular complexity index is 1120. The lowest BCUT2D eigenvalue weighted by atomic mass is 10.1. The van der Waals surface area contributed by atoms with Crippen molar-refractivity contribution in [1.82, 2.24) is 14.9 Å². The Balaban J connectivity index is 1.32. The Labute approximate surface area is 189 Å². The summed E-state index contributed by atoms with van der Waals surface area (Å²) in [5.41, 5.74) is 9.67. The summed E-state index contributed by atoms with van der Waals surface area (Å²) in [6, 6.07) is 7.47. The first-order valence-corrected chi connectivity index (χ1v) is 11.0. The van der Waals surface area contributed by atoms with Gasteiger partial charge < -0.3 is 20.7 Å². The van der Waals surface area contributed by atoms with Crippen molar-refractivity contribution in [1.29, 1.82) is 0 Å². The molecule has 1 aliphatic heterocycles. The van der Waals surface area contributed by atoms with E-state index in [1.807, 2.05) is 18.2 Å². The van der Waals surface area contributed by atoms with E-state index >= 15 is 0 Å². The number of nitrogens with zero attached hydrogens (tertiary/aromatic N) is 3. The molecule has 0 spiro atoms. The second kappa shape index (κ2) is 10.1. The third-order valence-electron chi connectivity index (χ3n) is 5.04. The molecule has 0 aromatic carbocycles. The van der Waals surface area contributed by atoms with Gasteiger partial charge in [-0.05, 0) is 41.3 Å². The molecule has 0 fully saturated rings. The summed E-state index contributed by atoms with van der Waals surface area (Å²) in [5, 5.41) is 3.44. The quantitative estimate of drug-likeness (QED) is 0.557. The maximum absolute atomic E-state index is 12.5. The first-order valence-electron chi connectivity index (χ1n) is 10.2. The van der Waals surface area contributed by atoms with E-state index in [9.17, 15) is 9.59 Å². The van der Waals surface area contributed by atoms with E-state index in [1.54, 1.807) is 41.8 Å². The minimum atomic E-state index is -0.350. The average molecular weight is 450 g/mol. The fourth-order valence-corrected chi connectivity index (χ4v) is 4.56. The van der Waals surface area contributed by atoms with Crippen molar-refractivity contribution in [3.63, 3.8) is 0 Å². The molecule has 4 heterocycles. The summed E-state index contributed by atoms with van der Waals surface area (Å²) in [7, 11) is 0. The van der Waals surface area contributed by atoms with Crippen molar-refractivity contribution in [3.05, 3.63) is 76.7 Å². The predicted molar refractivity (Wildman–Crippen MR) is 124 cm³/mol. The summed E-state index contributed by atoms with van der Waals surface area (Å²) >= 11 is 1.39. The minimum absolute atomic E-state index is 0.272. The van der Waals surface area contributed by atoms with Crippen LogP contribution in [-0.2, 0) is 28.9 Å². The number of hydrogen-bond donors (Lipinski definition) is 2. The molecule has 3 aromatic rings. The molecule has 32 heavy (non-hydrogen) atoms.